The Morgan fingerprint density at radius 2 is 1.82 bits per heavy atom. The molecule has 0 fully saturated rings. The van der Waals surface area contributed by atoms with E-state index in [4.69, 9.17) is 11.6 Å². The smallest absolute Gasteiger partial charge is 0.0830 e. The molecule has 1 N–H and O–H groups in total. The van der Waals surface area contributed by atoms with E-state index in [9.17, 15) is 5.11 Å². The summed E-state index contributed by atoms with van der Waals surface area (Å²) < 4.78 is 1.04. The third-order valence-electron chi connectivity index (χ3n) is 2.58. The Hall–Kier alpha value is -0.830. The van der Waals surface area contributed by atoms with E-state index in [1.54, 1.807) is 12.1 Å². The van der Waals surface area contributed by atoms with Gasteiger partial charge in [-0.05, 0) is 35.4 Å². The van der Waals surface area contributed by atoms with Gasteiger partial charge in [0, 0.05) is 15.9 Å². The lowest BCUT2D eigenvalue weighted by atomic mass is 10.0. The highest BCUT2D eigenvalue weighted by atomic mass is 79.9. The highest BCUT2D eigenvalue weighted by molar-refractivity contribution is 9.10. The average molecular weight is 312 g/mol. The van der Waals surface area contributed by atoms with Crippen molar-refractivity contribution in [3.05, 3.63) is 69.2 Å². The van der Waals surface area contributed by atoms with Gasteiger partial charge in [0.2, 0.25) is 0 Å². The molecule has 0 amide bonds. The molecular formula is C14H12BrClO. The largest absolute Gasteiger partial charge is 0.388 e. The molecule has 88 valence electrons. The fraction of sp³-hybridized carbons (Fsp3) is 0.143. The molecule has 0 aliphatic rings. The van der Waals surface area contributed by atoms with Crippen molar-refractivity contribution in [2.75, 3.05) is 0 Å². The summed E-state index contributed by atoms with van der Waals surface area (Å²) in [6.45, 7) is 0. The van der Waals surface area contributed by atoms with Crippen LogP contribution in [0.1, 0.15) is 17.2 Å². The van der Waals surface area contributed by atoms with Crippen molar-refractivity contribution in [2.24, 2.45) is 0 Å². The lowest BCUT2D eigenvalue weighted by Crippen LogP contribution is -2.01. The Labute approximate surface area is 114 Å². The lowest BCUT2D eigenvalue weighted by Gasteiger charge is -2.11. The van der Waals surface area contributed by atoms with Crippen molar-refractivity contribution >= 4 is 27.5 Å². The van der Waals surface area contributed by atoms with Crippen LogP contribution in [0.25, 0.3) is 0 Å². The monoisotopic (exact) mass is 310 g/mol. The average Bonchev–Trinajstić information content (AvgIpc) is 2.32. The second-order valence-electron chi connectivity index (χ2n) is 3.90. The van der Waals surface area contributed by atoms with Crippen molar-refractivity contribution < 1.29 is 5.11 Å². The highest BCUT2D eigenvalue weighted by Crippen LogP contribution is 2.22. The summed E-state index contributed by atoms with van der Waals surface area (Å²) in [5.74, 6) is 0. The van der Waals surface area contributed by atoms with E-state index in [1.165, 1.54) is 0 Å². The maximum Gasteiger partial charge on any atom is 0.0830 e. The number of halogens is 2. The summed E-state index contributed by atoms with van der Waals surface area (Å²) in [6.07, 6.45) is 0.0723. The number of aliphatic hydroxyl groups excluding tert-OH is 1. The van der Waals surface area contributed by atoms with Gasteiger partial charge in [0.05, 0.1) is 6.10 Å². The van der Waals surface area contributed by atoms with Gasteiger partial charge >= 0.3 is 0 Å². The predicted octanol–water partition coefficient (Wildman–Crippen LogP) is 4.38. The Balaban J connectivity index is 2.11. The molecule has 17 heavy (non-hydrogen) atoms. The molecule has 0 heterocycles. The summed E-state index contributed by atoms with van der Waals surface area (Å²) in [5, 5.41) is 10.7. The topological polar surface area (TPSA) is 20.2 Å². The summed E-state index contributed by atoms with van der Waals surface area (Å²) in [4.78, 5) is 0. The van der Waals surface area contributed by atoms with Gasteiger partial charge in [0.15, 0.2) is 0 Å². The first-order valence-corrected chi connectivity index (χ1v) is 6.50. The minimum atomic E-state index is -0.519. The minimum Gasteiger partial charge on any atom is -0.388 e. The van der Waals surface area contributed by atoms with Gasteiger partial charge in [-0.15, -0.1) is 0 Å². The Morgan fingerprint density at radius 3 is 2.47 bits per heavy atom. The van der Waals surface area contributed by atoms with Crippen LogP contribution in [0.15, 0.2) is 53.0 Å². The van der Waals surface area contributed by atoms with Crippen molar-refractivity contribution in [3.8, 4) is 0 Å². The molecule has 0 bridgehead atoms. The molecule has 3 heteroatoms. The molecule has 0 radical (unpaired) electrons. The fourth-order valence-corrected chi connectivity index (χ4v) is 2.14. The maximum absolute atomic E-state index is 10.1. The molecule has 0 saturated carbocycles. The lowest BCUT2D eigenvalue weighted by molar-refractivity contribution is 0.178. The zero-order valence-electron chi connectivity index (χ0n) is 9.11. The predicted molar refractivity (Wildman–Crippen MR) is 74.3 cm³/mol. The van der Waals surface area contributed by atoms with Crippen LogP contribution in [-0.2, 0) is 6.42 Å². The van der Waals surface area contributed by atoms with Gasteiger partial charge < -0.3 is 5.11 Å². The summed E-state index contributed by atoms with van der Waals surface area (Å²) >= 11 is 9.28. The van der Waals surface area contributed by atoms with Crippen LogP contribution in [0.5, 0.6) is 0 Å². The van der Waals surface area contributed by atoms with E-state index in [0.717, 1.165) is 15.6 Å². The molecule has 0 spiro atoms. The van der Waals surface area contributed by atoms with E-state index in [0.29, 0.717) is 11.4 Å². The Bertz CT molecular complexity index is 496. The molecule has 2 aromatic rings. The summed E-state index contributed by atoms with van der Waals surface area (Å²) in [7, 11) is 0. The summed E-state index contributed by atoms with van der Waals surface area (Å²) in [6, 6.07) is 15.3. The molecule has 1 nitrogen and oxygen atoms in total. The van der Waals surface area contributed by atoms with Crippen LogP contribution in [0, 0.1) is 0 Å². The molecule has 0 aliphatic carbocycles. The van der Waals surface area contributed by atoms with E-state index in [-0.39, 0.29) is 0 Å². The number of hydrogen-bond donors (Lipinski definition) is 1. The summed E-state index contributed by atoms with van der Waals surface area (Å²) in [5.41, 5.74) is 1.95. The standard InChI is InChI=1S/C14H12BrClO/c15-12-6-4-10(5-7-12)8-14(17)11-2-1-3-13(16)9-11/h1-7,9,14,17H,8H2. The van der Waals surface area contributed by atoms with Gasteiger partial charge in [-0.3, -0.25) is 0 Å². The Morgan fingerprint density at radius 1 is 1.12 bits per heavy atom. The molecule has 2 rings (SSSR count). The van der Waals surface area contributed by atoms with Gasteiger partial charge in [-0.25, -0.2) is 0 Å². The van der Waals surface area contributed by atoms with Gasteiger partial charge in [-0.2, -0.15) is 0 Å². The molecular weight excluding hydrogens is 300 g/mol. The van der Waals surface area contributed by atoms with Crippen molar-refractivity contribution in [2.45, 2.75) is 12.5 Å². The molecule has 0 saturated heterocycles. The second kappa shape index (κ2) is 5.67. The number of benzene rings is 2. The molecule has 0 aliphatic heterocycles. The second-order valence-corrected chi connectivity index (χ2v) is 5.25. The number of hydrogen-bond acceptors (Lipinski definition) is 1. The third-order valence-corrected chi connectivity index (χ3v) is 3.34. The SMILES string of the molecule is OC(Cc1ccc(Br)cc1)c1cccc(Cl)c1. The molecule has 0 aromatic heterocycles. The van der Waals surface area contributed by atoms with Crippen LogP contribution in [0.4, 0.5) is 0 Å². The first-order chi connectivity index (χ1) is 8.15. The zero-order valence-corrected chi connectivity index (χ0v) is 11.4. The highest BCUT2D eigenvalue weighted by Gasteiger charge is 2.08. The van der Waals surface area contributed by atoms with Gasteiger partial charge in [0.1, 0.15) is 0 Å². The van der Waals surface area contributed by atoms with Crippen LogP contribution in [-0.4, -0.2) is 5.11 Å². The molecule has 2 aromatic carbocycles. The number of aliphatic hydroxyl groups is 1. The van der Waals surface area contributed by atoms with Gasteiger partial charge in [0.25, 0.3) is 0 Å². The first kappa shape index (κ1) is 12.6. The fourth-order valence-electron chi connectivity index (χ4n) is 1.68. The van der Waals surface area contributed by atoms with E-state index in [2.05, 4.69) is 15.9 Å². The molecule has 1 atom stereocenters. The van der Waals surface area contributed by atoms with E-state index < -0.39 is 6.10 Å². The minimum absolute atomic E-state index is 0.519. The quantitative estimate of drug-likeness (QED) is 0.892. The van der Waals surface area contributed by atoms with Crippen LogP contribution < -0.4 is 0 Å². The normalized spacial score (nSPS) is 12.4. The van der Waals surface area contributed by atoms with Crippen molar-refractivity contribution in [1.82, 2.24) is 0 Å². The van der Waals surface area contributed by atoms with Crippen molar-refractivity contribution in [1.29, 1.82) is 0 Å². The van der Waals surface area contributed by atoms with E-state index >= 15 is 0 Å². The first-order valence-electron chi connectivity index (χ1n) is 5.33. The van der Waals surface area contributed by atoms with Crippen LogP contribution >= 0.6 is 27.5 Å². The zero-order chi connectivity index (χ0) is 12.3. The van der Waals surface area contributed by atoms with Crippen LogP contribution in [0.2, 0.25) is 5.02 Å². The Kier molecular flexibility index (Phi) is 4.21. The number of rotatable bonds is 3. The third kappa shape index (κ3) is 3.56. The molecule has 1 unspecified atom stereocenters. The van der Waals surface area contributed by atoms with Crippen LogP contribution in [0.3, 0.4) is 0 Å². The van der Waals surface area contributed by atoms with Crippen molar-refractivity contribution in [3.63, 3.8) is 0 Å². The van der Waals surface area contributed by atoms with E-state index in [1.807, 2.05) is 36.4 Å². The maximum atomic E-state index is 10.1. The van der Waals surface area contributed by atoms with Gasteiger partial charge in [-0.1, -0.05) is 51.8 Å².